The van der Waals surface area contributed by atoms with Crippen molar-refractivity contribution in [1.82, 2.24) is 9.88 Å². The molecule has 1 aromatic carbocycles. The average molecular weight is 408 g/mol. The van der Waals surface area contributed by atoms with E-state index in [0.29, 0.717) is 6.42 Å². The van der Waals surface area contributed by atoms with Crippen molar-refractivity contribution in [2.75, 3.05) is 37.6 Å². The summed E-state index contributed by atoms with van der Waals surface area (Å²) in [5, 5.41) is 3.40. The zero-order chi connectivity index (χ0) is 20.2. The standard InChI is InChI=1S/C24H29N3OS/c1-3-5-6-22(28)19-9-7-18(8-10-19)21-17-20-11-16-29-23(20)24(25-21)27-14-12-26(4-2)13-15-27/h7-11,16-17H,3-6,12-15H2,1-2H3. The number of unbranched alkanes of at least 4 members (excludes halogenated alkanes) is 1. The molecule has 0 bridgehead atoms. The van der Waals surface area contributed by atoms with Crippen molar-refractivity contribution >= 4 is 33.0 Å². The topological polar surface area (TPSA) is 36.4 Å². The van der Waals surface area contributed by atoms with Crippen molar-refractivity contribution in [3.63, 3.8) is 0 Å². The van der Waals surface area contributed by atoms with Crippen LogP contribution in [0.4, 0.5) is 5.82 Å². The minimum atomic E-state index is 0.231. The number of hydrogen-bond acceptors (Lipinski definition) is 5. The number of hydrogen-bond donors (Lipinski definition) is 0. The van der Waals surface area contributed by atoms with Crippen LogP contribution in [0.15, 0.2) is 41.8 Å². The number of fused-ring (bicyclic) bond motifs is 1. The van der Waals surface area contributed by atoms with E-state index in [1.165, 1.54) is 10.1 Å². The van der Waals surface area contributed by atoms with E-state index in [1.807, 2.05) is 24.3 Å². The third kappa shape index (κ3) is 4.36. The molecule has 0 unspecified atom stereocenters. The maximum absolute atomic E-state index is 12.3. The largest absolute Gasteiger partial charge is 0.353 e. The summed E-state index contributed by atoms with van der Waals surface area (Å²) in [5.41, 5.74) is 2.85. The van der Waals surface area contributed by atoms with E-state index in [-0.39, 0.29) is 5.78 Å². The lowest BCUT2D eigenvalue weighted by molar-refractivity contribution is 0.0980. The van der Waals surface area contributed by atoms with Crippen LogP contribution in [0.2, 0.25) is 0 Å². The van der Waals surface area contributed by atoms with Crippen LogP contribution in [-0.2, 0) is 0 Å². The lowest BCUT2D eigenvalue weighted by Gasteiger charge is -2.35. The number of Topliss-reactive ketones (excluding diaryl/α,β-unsaturated/α-hetero) is 1. The third-order valence-electron chi connectivity index (χ3n) is 5.80. The highest BCUT2D eigenvalue weighted by Crippen LogP contribution is 2.34. The first kappa shape index (κ1) is 20.0. The van der Waals surface area contributed by atoms with E-state index in [4.69, 9.17) is 4.98 Å². The fourth-order valence-electron chi connectivity index (χ4n) is 3.91. The summed E-state index contributed by atoms with van der Waals surface area (Å²) < 4.78 is 1.27. The number of aromatic nitrogens is 1. The summed E-state index contributed by atoms with van der Waals surface area (Å²) in [4.78, 5) is 22.3. The number of likely N-dealkylation sites (N-methyl/N-ethyl adjacent to an activating group) is 1. The van der Waals surface area contributed by atoms with Gasteiger partial charge in [0.2, 0.25) is 0 Å². The Hall–Kier alpha value is -2.24. The second-order valence-electron chi connectivity index (χ2n) is 7.70. The number of rotatable bonds is 7. The van der Waals surface area contributed by atoms with Gasteiger partial charge in [0.25, 0.3) is 0 Å². The predicted molar refractivity (Wildman–Crippen MR) is 123 cm³/mol. The molecule has 0 spiro atoms. The molecule has 0 radical (unpaired) electrons. The Morgan fingerprint density at radius 2 is 1.83 bits per heavy atom. The molecule has 0 aliphatic carbocycles. The Labute approximate surface area is 177 Å². The fraction of sp³-hybridized carbons (Fsp3) is 0.417. The van der Waals surface area contributed by atoms with E-state index in [0.717, 1.165) is 68.2 Å². The molecule has 1 aliphatic rings. The second-order valence-corrected chi connectivity index (χ2v) is 8.61. The molecule has 1 fully saturated rings. The molecule has 5 heteroatoms. The smallest absolute Gasteiger partial charge is 0.162 e. The Morgan fingerprint density at radius 1 is 1.07 bits per heavy atom. The number of piperazine rings is 1. The van der Waals surface area contributed by atoms with Gasteiger partial charge < -0.3 is 9.80 Å². The Balaban J connectivity index is 1.62. The van der Waals surface area contributed by atoms with Crippen LogP contribution in [0.3, 0.4) is 0 Å². The van der Waals surface area contributed by atoms with Gasteiger partial charge in [-0.25, -0.2) is 4.98 Å². The number of nitrogens with zero attached hydrogens (tertiary/aromatic N) is 3. The molecule has 0 atom stereocenters. The van der Waals surface area contributed by atoms with E-state index < -0.39 is 0 Å². The average Bonchev–Trinajstić information content (AvgIpc) is 3.26. The molecule has 3 heterocycles. The molecule has 152 valence electrons. The molecule has 1 saturated heterocycles. The van der Waals surface area contributed by atoms with Gasteiger partial charge in [0.1, 0.15) is 5.82 Å². The van der Waals surface area contributed by atoms with E-state index in [9.17, 15) is 4.79 Å². The molecular formula is C24H29N3OS. The number of pyridine rings is 1. The summed E-state index contributed by atoms with van der Waals surface area (Å²) in [6.07, 6.45) is 2.62. The van der Waals surface area contributed by atoms with Gasteiger partial charge in [-0.1, -0.05) is 44.5 Å². The SMILES string of the molecule is CCCCC(=O)c1ccc(-c2cc3ccsc3c(N3CCN(CC)CC3)n2)cc1. The minimum absolute atomic E-state index is 0.231. The van der Waals surface area contributed by atoms with E-state index in [1.54, 1.807) is 11.3 Å². The summed E-state index contributed by atoms with van der Waals surface area (Å²) in [6.45, 7) is 9.65. The molecule has 1 aliphatic heterocycles. The van der Waals surface area contributed by atoms with Crippen LogP contribution in [0.5, 0.6) is 0 Å². The predicted octanol–water partition coefficient (Wildman–Crippen LogP) is 5.48. The molecule has 29 heavy (non-hydrogen) atoms. The summed E-state index contributed by atoms with van der Waals surface area (Å²) in [5.74, 6) is 1.33. The van der Waals surface area contributed by atoms with Crippen molar-refractivity contribution in [3.8, 4) is 11.3 Å². The molecule has 4 nitrogen and oxygen atoms in total. The van der Waals surface area contributed by atoms with Crippen LogP contribution < -0.4 is 4.90 Å². The fourth-order valence-corrected chi connectivity index (χ4v) is 4.80. The first-order valence-electron chi connectivity index (χ1n) is 10.7. The van der Waals surface area contributed by atoms with Gasteiger partial charge in [-0.3, -0.25) is 4.79 Å². The molecule has 0 amide bonds. The Morgan fingerprint density at radius 3 is 2.52 bits per heavy atom. The maximum Gasteiger partial charge on any atom is 0.162 e. The quantitative estimate of drug-likeness (QED) is 0.486. The monoisotopic (exact) mass is 407 g/mol. The maximum atomic E-state index is 12.3. The van der Waals surface area contributed by atoms with Crippen molar-refractivity contribution in [3.05, 3.63) is 47.3 Å². The van der Waals surface area contributed by atoms with Gasteiger partial charge in [-0.2, -0.15) is 0 Å². The van der Waals surface area contributed by atoms with Crippen LogP contribution >= 0.6 is 11.3 Å². The van der Waals surface area contributed by atoms with Crippen molar-refractivity contribution in [1.29, 1.82) is 0 Å². The second kappa shape index (κ2) is 9.06. The molecule has 3 aromatic rings. The molecular weight excluding hydrogens is 378 g/mol. The zero-order valence-electron chi connectivity index (χ0n) is 17.4. The molecule has 2 aromatic heterocycles. The van der Waals surface area contributed by atoms with Crippen molar-refractivity contribution in [2.24, 2.45) is 0 Å². The Kier molecular flexibility index (Phi) is 6.26. The number of thiophene rings is 1. The molecule has 0 saturated carbocycles. The Bertz CT molecular complexity index is 971. The summed E-state index contributed by atoms with van der Waals surface area (Å²) in [6, 6.07) is 12.3. The van der Waals surface area contributed by atoms with Crippen molar-refractivity contribution < 1.29 is 4.79 Å². The molecule has 0 N–H and O–H groups in total. The van der Waals surface area contributed by atoms with Crippen LogP contribution in [0.1, 0.15) is 43.5 Å². The van der Waals surface area contributed by atoms with Crippen LogP contribution in [-0.4, -0.2) is 48.4 Å². The lowest BCUT2D eigenvalue weighted by atomic mass is 10.0. The lowest BCUT2D eigenvalue weighted by Crippen LogP contribution is -2.46. The number of ketones is 1. The summed E-state index contributed by atoms with van der Waals surface area (Å²) >= 11 is 1.77. The number of anilines is 1. The van der Waals surface area contributed by atoms with Gasteiger partial charge in [-0.05, 0) is 35.9 Å². The van der Waals surface area contributed by atoms with E-state index >= 15 is 0 Å². The van der Waals surface area contributed by atoms with Gasteiger partial charge >= 0.3 is 0 Å². The van der Waals surface area contributed by atoms with E-state index in [2.05, 4.69) is 41.2 Å². The molecule has 4 rings (SSSR count). The first-order valence-corrected chi connectivity index (χ1v) is 11.6. The zero-order valence-corrected chi connectivity index (χ0v) is 18.2. The number of carbonyl (C=O) groups is 1. The van der Waals surface area contributed by atoms with Gasteiger partial charge in [0.15, 0.2) is 5.78 Å². The normalized spacial score (nSPS) is 15.2. The third-order valence-corrected chi connectivity index (χ3v) is 6.72. The first-order chi connectivity index (χ1) is 14.2. The van der Waals surface area contributed by atoms with Crippen LogP contribution in [0.25, 0.3) is 21.3 Å². The summed E-state index contributed by atoms with van der Waals surface area (Å²) in [7, 11) is 0. The highest BCUT2D eigenvalue weighted by molar-refractivity contribution is 7.17. The highest BCUT2D eigenvalue weighted by Gasteiger charge is 2.20. The minimum Gasteiger partial charge on any atom is -0.353 e. The van der Waals surface area contributed by atoms with Gasteiger partial charge in [0, 0.05) is 43.7 Å². The number of carbonyl (C=O) groups excluding carboxylic acids is 1. The highest BCUT2D eigenvalue weighted by atomic mass is 32.1. The van der Waals surface area contributed by atoms with Crippen molar-refractivity contribution in [2.45, 2.75) is 33.1 Å². The van der Waals surface area contributed by atoms with Gasteiger partial charge in [-0.15, -0.1) is 11.3 Å². The number of benzene rings is 1. The van der Waals surface area contributed by atoms with Gasteiger partial charge in [0.05, 0.1) is 10.4 Å². The van der Waals surface area contributed by atoms with Crippen LogP contribution in [0, 0.1) is 0 Å².